The average molecular weight is 438 g/mol. The summed E-state index contributed by atoms with van der Waals surface area (Å²) < 4.78 is 19.8. The minimum absolute atomic E-state index is 0.0624. The van der Waals surface area contributed by atoms with Gasteiger partial charge in [0.2, 0.25) is 0 Å². The normalized spacial score (nSPS) is 27.1. The second kappa shape index (κ2) is 9.74. The number of hydrogen-bond acceptors (Lipinski definition) is 3. The van der Waals surface area contributed by atoms with Crippen molar-refractivity contribution in [2.75, 3.05) is 20.1 Å². The number of likely N-dealkylation sites (tertiary alicyclic amines) is 1. The number of halogens is 1. The molecule has 2 aromatic rings. The highest BCUT2D eigenvalue weighted by molar-refractivity contribution is 5.74. The van der Waals surface area contributed by atoms with Gasteiger partial charge in [-0.25, -0.2) is 4.39 Å². The molecule has 0 aromatic heterocycles. The minimum Gasteiger partial charge on any atom is -0.462 e. The molecule has 0 N–H and O–H groups in total. The molecule has 2 aliphatic rings. The maximum Gasteiger partial charge on any atom is 0.311 e. The smallest absolute Gasteiger partial charge is 0.311 e. The first-order valence-electron chi connectivity index (χ1n) is 12.1. The van der Waals surface area contributed by atoms with Gasteiger partial charge in [-0.3, -0.25) is 4.79 Å². The molecule has 0 amide bonds. The summed E-state index contributed by atoms with van der Waals surface area (Å²) in [4.78, 5) is 15.8. The van der Waals surface area contributed by atoms with Gasteiger partial charge in [0.15, 0.2) is 0 Å². The monoisotopic (exact) mass is 437 g/mol. The molecule has 1 aliphatic heterocycles. The Bertz CT molecular complexity index is 895. The zero-order valence-electron chi connectivity index (χ0n) is 19.6. The van der Waals surface area contributed by atoms with Crippen LogP contribution in [-0.2, 0) is 14.9 Å². The van der Waals surface area contributed by atoms with Crippen molar-refractivity contribution in [3.05, 3.63) is 71.5 Å². The van der Waals surface area contributed by atoms with Gasteiger partial charge in [-0.1, -0.05) is 62.7 Å². The summed E-state index contributed by atoms with van der Waals surface area (Å²) in [5.41, 5.74) is 2.27. The Morgan fingerprint density at radius 3 is 2.41 bits per heavy atom. The van der Waals surface area contributed by atoms with Crippen LogP contribution >= 0.6 is 0 Å². The van der Waals surface area contributed by atoms with Crippen LogP contribution in [0, 0.1) is 17.7 Å². The third-order valence-corrected chi connectivity index (χ3v) is 7.83. The molecule has 0 radical (unpaired) electrons. The molecule has 2 fully saturated rings. The van der Waals surface area contributed by atoms with Crippen molar-refractivity contribution in [2.24, 2.45) is 11.8 Å². The molecular weight excluding hydrogens is 401 g/mol. The zero-order valence-corrected chi connectivity index (χ0v) is 19.6. The van der Waals surface area contributed by atoms with E-state index in [0.29, 0.717) is 12.5 Å². The third-order valence-electron chi connectivity index (χ3n) is 7.83. The average Bonchev–Trinajstić information content (AvgIpc) is 2.80. The minimum atomic E-state index is -0.242. The molecule has 1 heterocycles. The molecule has 1 saturated carbocycles. The fourth-order valence-electron chi connectivity index (χ4n) is 5.84. The predicted molar refractivity (Wildman–Crippen MR) is 126 cm³/mol. The van der Waals surface area contributed by atoms with Gasteiger partial charge in [0.25, 0.3) is 0 Å². The van der Waals surface area contributed by atoms with E-state index in [1.165, 1.54) is 24.1 Å². The topological polar surface area (TPSA) is 29.5 Å². The van der Waals surface area contributed by atoms with Gasteiger partial charge < -0.3 is 9.64 Å². The second-order valence-corrected chi connectivity index (χ2v) is 10.3. The van der Waals surface area contributed by atoms with Crippen molar-refractivity contribution in [1.29, 1.82) is 0 Å². The van der Waals surface area contributed by atoms with E-state index in [1.807, 2.05) is 18.2 Å². The van der Waals surface area contributed by atoms with Gasteiger partial charge in [0.1, 0.15) is 11.9 Å². The van der Waals surface area contributed by atoms with Gasteiger partial charge in [0.05, 0.1) is 5.92 Å². The van der Waals surface area contributed by atoms with Crippen LogP contribution in [0.1, 0.15) is 63.0 Å². The predicted octanol–water partition coefficient (Wildman–Crippen LogP) is 5.94. The third kappa shape index (κ3) is 4.91. The SMILES string of the molecule is CN1CC[C@H](c2ccc(F)cc2)[C@@H](C(=O)O[C@@H]2CCCC[C@H]2C(C)(C)c2ccccc2)C1. The lowest BCUT2D eigenvalue weighted by molar-refractivity contribution is -0.163. The number of piperidine rings is 1. The van der Waals surface area contributed by atoms with E-state index >= 15 is 0 Å². The van der Waals surface area contributed by atoms with E-state index in [-0.39, 0.29) is 35.1 Å². The maximum atomic E-state index is 13.5. The Labute approximate surface area is 192 Å². The number of carbonyl (C=O) groups is 1. The number of ether oxygens (including phenoxy) is 1. The van der Waals surface area contributed by atoms with Gasteiger partial charge in [-0.15, -0.1) is 0 Å². The summed E-state index contributed by atoms with van der Waals surface area (Å²) in [7, 11) is 2.06. The van der Waals surface area contributed by atoms with Crippen LogP contribution in [0.4, 0.5) is 4.39 Å². The largest absolute Gasteiger partial charge is 0.462 e. The molecule has 4 rings (SSSR count). The summed E-state index contributed by atoms with van der Waals surface area (Å²) in [5, 5.41) is 0. The molecule has 0 bridgehead atoms. The van der Waals surface area contributed by atoms with E-state index in [2.05, 4.69) is 50.1 Å². The van der Waals surface area contributed by atoms with E-state index in [9.17, 15) is 9.18 Å². The van der Waals surface area contributed by atoms with Gasteiger partial charge in [0, 0.05) is 12.5 Å². The van der Waals surface area contributed by atoms with Crippen LogP contribution in [0.25, 0.3) is 0 Å². The molecule has 4 heteroatoms. The number of rotatable bonds is 5. The van der Waals surface area contributed by atoms with Crippen LogP contribution < -0.4 is 0 Å². The van der Waals surface area contributed by atoms with Crippen molar-refractivity contribution < 1.29 is 13.9 Å². The lowest BCUT2D eigenvalue weighted by atomic mass is 9.66. The summed E-state index contributed by atoms with van der Waals surface area (Å²) in [5.74, 6) is -0.182. The van der Waals surface area contributed by atoms with Gasteiger partial charge in [-0.05, 0) is 73.9 Å². The molecule has 0 spiro atoms. The van der Waals surface area contributed by atoms with Crippen molar-refractivity contribution in [3.8, 4) is 0 Å². The van der Waals surface area contributed by atoms with E-state index < -0.39 is 0 Å². The summed E-state index contributed by atoms with van der Waals surface area (Å²) in [6.45, 7) is 6.18. The molecule has 1 saturated heterocycles. The quantitative estimate of drug-likeness (QED) is 0.542. The Balaban J connectivity index is 1.54. The van der Waals surface area contributed by atoms with Gasteiger partial charge in [-0.2, -0.15) is 0 Å². The Kier molecular flexibility index (Phi) is 6.99. The van der Waals surface area contributed by atoms with Crippen LogP contribution in [0.3, 0.4) is 0 Å². The molecule has 2 aromatic carbocycles. The first-order valence-corrected chi connectivity index (χ1v) is 12.1. The summed E-state index contributed by atoms with van der Waals surface area (Å²) >= 11 is 0. The fourth-order valence-corrected chi connectivity index (χ4v) is 5.84. The molecule has 172 valence electrons. The summed E-state index contributed by atoms with van der Waals surface area (Å²) in [6.07, 6.45) is 5.10. The van der Waals surface area contributed by atoms with Crippen molar-refractivity contribution in [2.45, 2.75) is 63.4 Å². The number of carbonyl (C=O) groups excluding carboxylic acids is 1. The highest BCUT2D eigenvalue weighted by Gasteiger charge is 2.42. The molecule has 1 aliphatic carbocycles. The number of benzene rings is 2. The fraction of sp³-hybridized carbons (Fsp3) is 0.536. The Hall–Kier alpha value is -2.20. The standard InChI is InChI=1S/C28H36FNO2/c1-28(2,21-9-5-4-6-10-21)25-11-7-8-12-26(25)32-27(31)24-19-30(3)18-17-23(24)20-13-15-22(29)16-14-20/h4-6,9-10,13-16,23-26H,7-8,11-12,17-19H2,1-3H3/t23-,24+,25-,26-/m1/s1. The number of hydrogen-bond donors (Lipinski definition) is 0. The second-order valence-electron chi connectivity index (χ2n) is 10.3. The van der Waals surface area contributed by atoms with Crippen molar-refractivity contribution >= 4 is 5.97 Å². The van der Waals surface area contributed by atoms with Crippen molar-refractivity contribution in [1.82, 2.24) is 4.90 Å². The Morgan fingerprint density at radius 1 is 1.00 bits per heavy atom. The van der Waals surface area contributed by atoms with Crippen LogP contribution in [0.2, 0.25) is 0 Å². The highest BCUT2D eigenvalue weighted by atomic mass is 19.1. The number of esters is 1. The van der Waals surface area contributed by atoms with E-state index in [0.717, 1.165) is 37.8 Å². The van der Waals surface area contributed by atoms with Crippen LogP contribution in [-0.4, -0.2) is 37.1 Å². The van der Waals surface area contributed by atoms with Crippen molar-refractivity contribution in [3.63, 3.8) is 0 Å². The molecular formula is C28H36FNO2. The first-order chi connectivity index (χ1) is 15.4. The summed E-state index contributed by atoms with van der Waals surface area (Å²) in [6, 6.07) is 17.2. The lowest BCUT2D eigenvalue weighted by Crippen LogP contribution is -2.46. The first kappa shape index (κ1) is 23.0. The van der Waals surface area contributed by atoms with E-state index in [1.54, 1.807) is 0 Å². The molecule has 4 atom stereocenters. The van der Waals surface area contributed by atoms with Gasteiger partial charge >= 0.3 is 5.97 Å². The number of nitrogens with zero attached hydrogens (tertiary/aromatic N) is 1. The zero-order chi connectivity index (χ0) is 22.7. The maximum absolute atomic E-state index is 13.5. The molecule has 0 unspecified atom stereocenters. The molecule has 3 nitrogen and oxygen atoms in total. The van der Waals surface area contributed by atoms with E-state index in [4.69, 9.17) is 4.74 Å². The molecule has 32 heavy (non-hydrogen) atoms. The Morgan fingerprint density at radius 2 is 1.69 bits per heavy atom. The highest BCUT2D eigenvalue weighted by Crippen LogP contribution is 2.43. The lowest BCUT2D eigenvalue weighted by Gasteiger charge is -2.43. The van der Waals surface area contributed by atoms with Crippen LogP contribution in [0.5, 0.6) is 0 Å². The van der Waals surface area contributed by atoms with Crippen LogP contribution in [0.15, 0.2) is 54.6 Å².